The maximum atomic E-state index is 5.13. The van der Waals surface area contributed by atoms with Gasteiger partial charge in [-0.15, -0.1) is 0 Å². The summed E-state index contributed by atoms with van der Waals surface area (Å²) in [7, 11) is 1.73. The number of hydrogen-bond donors (Lipinski definition) is 1. The average Bonchev–Trinajstić information content (AvgIpc) is 3.15. The molecular formula is C16H28N4O. The topological polar surface area (TPSA) is 42.3 Å². The second-order valence-corrected chi connectivity index (χ2v) is 6.51. The van der Waals surface area contributed by atoms with E-state index in [1.165, 1.54) is 37.8 Å². The Hall–Kier alpha value is -1.07. The highest BCUT2D eigenvalue weighted by atomic mass is 16.5. The molecule has 2 aliphatic rings. The molecule has 1 aromatic heterocycles. The summed E-state index contributed by atoms with van der Waals surface area (Å²) < 4.78 is 7.13. The Morgan fingerprint density at radius 2 is 2.24 bits per heavy atom. The molecule has 5 heteroatoms. The van der Waals surface area contributed by atoms with E-state index in [2.05, 4.69) is 28.4 Å². The number of piperazine rings is 1. The van der Waals surface area contributed by atoms with Crippen LogP contribution in [-0.4, -0.2) is 48.2 Å². The van der Waals surface area contributed by atoms with E-state index in [-0.39, 0.29) is 0 Å². The molecule has 0 radical (unpaired) electrons. The first-order valence-corrected chi connectivity index (χ1v) is 8.29. The van der Waals surface area contributed by atoms with Crippen LogP contribution in [0.1, 0.15) is 39.0 Å². The maximum Gasteiger partial charge on any atom is 0.0756 e. The zero-order chi connectivity index (χ0) is 14.7. The van der Waals surface area contributed by atoms with Crippen molar-refractivity contribution >= 4 is 5.69 Å². The lowest BCUT2D eigenvalue weighted by molar-refractivity contribution is 0.183. The zero-order valence-corrected chi connectivity index (χ0v) is 13.3. The molecule has 1 unspecified atom stereocenters. The van der Waals surface area contributed by atoms with Crippen molar-refractivity contribution in [1.82, 2.24) is 15.1 Å². The highest BCUT2D eigenvalue weighted by Crippen LogP contribution is 2.35. The molecule has 0 amide bonds. The Balaban J connectivity index is 1.74. The number of anilines is 1. The van der Waals surface area contributed by atoms with Gasteiger partial charge in [-0.2, -0.15) is 5.10 Å². The normalized spacial score (nSPS) is 24.9. The zero-order valence-electron chi connectivity index (χ0n) is 13.3. The van der Waals surface area contributed by atoms with Gasteiger partial charge in [-0.25, -0.2) is 0 Å². The monoisotopic (exact) mass is 292 g/mol. The fraction of sp³-hybridized carbons (Fsp3) is 0.812. The van der Waals surface area contributed by atoms with Crippen molar-refractivity contribution in [3.63, 3.8) is 0 Å². The summed E-state index contributed by atoms with van der Waals surface area (Å²) in [6.45, 7) is 6.04. The minimum absolute atomic E-state index is 0.348. The molecule has 0 aromatic carbocycles. The first-order chi connectivity index (χ1) is 10.3. The summed E-state index contributed by atoms with van der Waals surface area (Å²) >= 11 is 0. The third-order valence-electron chi connectivity index (χ3n) is 5.13. The van der Waals surface area contributed by atoms with Gasteiger partial charge >= 0.3 is 0 Å². The molecule has 5 nitrogen and oxygen atoms in total. The molecule has 1 N–H and O–H groups in total. The van der Waals surface area contributed by atoms with Crippen LogP contribution in [0.5, 0.6) is 0 Å². The minimum Gasteiger partial charge on any atom is -0.383 e. The molecule has 2 heterocycles. The number of nitrogens with one attached hydrogen (secondary N) is 1. The van der Waals surface area contributed by atoms with Crippen molar-refractivity contribution in [2.45, 2.75) is 57.2 Å². The van der Waals surface area contributed by atoms with Crippen LogP contribution in [0.4, 0.5) is 5.69 Å². The van der Waals surface area contributed by atoms with Gasteiger partial charge in [-0.3, -0.25) is 4.68 Å². The molecule has 1 atom stereocenters. The molecule has 21 heavy (non-hydrogen) atoms. The fourth-order valence-electron chi connectivity index (χ4n) is 3.82. The van der Waals surface area contributed by atoms with Gasteiger partial charge in [0.15, 0.2) is 0 Å². The number of ether oxygens (including phenoxy) is 1. The van der Waals surface area contributed by atoms with Crippen LogP contribution in [0, 0.1) is 0 Å². The Bertz CT molecular complexity index is 453. The SMILES string of the molecule is CCC1CNC2(CCCC2)CN1c1cnn(CCOC)c1. The number of nitrogens with zero attached hydrogens (tertiary/aromatic N) is 3. The second kappa shape index (κ2) is 6.36. The van der Waals surface area contributed by atoms with Crippen molar-refractivity contribution < 1.29 is 4.74 Å². The molecule has 3 rings (SSSR count). The van der Waals surface area contributed by atoms with Crippen LogP contribution in [0.3, 0.4) is 0 Å². The van der Waals surface area contributed by atoms with E-state index in [0.717, 1.165) is 19.6 Å². The van der Waals surface area contributed by atoms with Gasteiger partial charge in [0.05, 0.1) is 25.0 Å². The van der Waals surface area contributed by atoms with Gasteiger partial charge in [0.1, 0.15) is 0 Å². The van der Waals surface area contributed by atoms with E-state index in [4.69, 9.17) is 4.74 Å². The van der Waals surface area contributed by atoms with E-state index in [0.29, 0.717) is 18.2 Å². The predicted molar refractivity (Wildman–Crippen MR) is 84.7 cm³/mol. The van der Waals surface area contributed by atoms with Crippen molar-refractivity contribution in [2.75, 3.05) is 31.7 Å². The summed E-state index contributed by atoms with van der Waals surface area (Å²) in [6.07, 6.45) is 10.7. The maximum absolute atomic E-state index is 5.13. The first-order valence-electron chi connectivity index (χ1n) is 8.29. The molecule has 1 saturated heterocycles. The van der Waals surface area contributed by atoms with Gasteiger partial charge in [-0.05, 0) is 19.3 Å². The summed E-state index contributed by atoms with van der Waals surface area (Å²) in [5.74, 6) is 0. The van der Waals surface area contributed by atoms with Crippen LogP contribution in [0.25, 0.3) is 0 Å². The molecular weight excluding hydrogens is 264 g/mol. The van der Waals surface area contributed by atoms with Crippen LogP contribution in [-0.2, 0) is 11.3 Å². The average molecular weight is 292 g/mol. The van der Waals surface area contributed by atoms with Gasteiger partial charge in [0.25, 0.3) is 0 Å². The lowest BCUT2D eigenvalue weighted by Gasteiger charge is -2.47. The number of methoxy groups -OCH3 is 1. The van der Waals surface area contributed by atoms with E-state index in [1.54, 1.807) is 7.11 Å². The molecule has 0 bridgehead atoms. The Morgan fingerprint density at radius 3 is 2.95 bits per heavy atom. The van der Waals surface area contributed by atoms with E-state index >= 15 is 0 Å². The van der Waals surface area contributed by atoms with Crippen LogP contribution in [0.2, 0.25) is 0 Å². The Morgan fingerprint density at radius 1 is 1.43 bits per heavy atom. The molecule has 2 fully saturated rings. The summed E-state index contributed by atoms with van der Waals surface area (Å²) in [5.41, 5.74) is 1.62. The van der Waals surface area contributed by atoms with Crippen molar-refractivity contribution in [1.29, 1.82) is 0 Å². The van der Waals surface area contributed by atoms with Gasteiger partial charge < -0.3 is 15.0 Å². The van der Waals surface area contributed by atoms with Crippen molar-refractivity contribution in [3.05, 3.63) is 12.4 Å². The molecule has 118 valence electrons. The smallest absolute Gasteiger partial charge is 0.0756 e. The van der Waals surface area contributed by atoms with Crippen LogP contribution >= 0.6 is 0 Å². The molecule has 1 saturated carbocycles. The van der Waals surface area contributed by atoms with Crippen LogP contribution in [0.15, 0.2) is 12.4 Å². The largest absolute Gasteiger partial charge is 0.383 e. The molecule has 1 aromatic rings. The number of aromatic nitrogens is 2. The Labute approximate surface area is 127 Å². The third kappa shape index (κ3) is 3.09. The third-order valence-corrected chi connectivity index (χ3v) is 5.13. The van der Waals surface area contributed by atoms with Gasteiger partial charge in [0.2, 0.25) is 0 Å². The highest BCUT2D eigenvalue weighted by molar-refractivity contribution is 5.45. The molecule has 1 aliphatic heterocycles. The predicted octanol–water partition coefficient (Wildman–Crippen LogP) is 2.03. The second-order valence-electron chi connectivity index (χ2n) is 6.51. The summed E-state index contributed by atoms with van der Waals surface area (Å²) in [4.78, 5) is 2.58. The standard InChI is InChI=1S/C16H28N4O/c1-3-14-10-17-16(6-4-5-7-16)13-20(14)15-11-18-19(12-15)8-9-21-2/h11-12,14,17H,3-10,13H2,1-2H3. The first kappa shape index (κ1) is 14.9. The molecule has 1 spiro atoms. The summed E-state index contributed by atoms with van der Waals surface area (Å²) in [6, 6.07) is 0.580. The lowest BCUT2D eigenvalue weighted by Crippen LogP contribution is -2.63. The fourth-order valence-corrected chi connectivity index (χ4v) is 3.82. The lowest BCUT2D eigenvalue weighted by atomic mass is 9.91. The van der Waals surface area contributed by atoms with E-state index in [1.807, 2.05) is 10.9 Å². The molecule has 1 aliphatic carbocycles. The number of hydrogen-bond acceptors (Lipinski definition) is 4. The van der Waals surface area contributed by atoms with Crippen molar-refractivity contribution in [2.24, 2.45) is 0 Å². The van der Waals surface area contributed by atoms with E-state index < -0.39 is 0 Å². The Kier molecular flexibility index (Phi) is 4.50. The van der Waals surface area contributed by atoms with Gasteiger partial charge in [0, 0.05) is 38.0 Å². The quantitative estimate of drug-likeness (QED) is 0.902. The summed E-state index contributed by atoms with van der Waals surface area (Å²) in [5, 5.41) is 8.33. The van der Waals surface area contributed by atoms with Crippen molar-refractivity contribution in [3.8, 4) is 0 Å². The number of rotatable bonds is 5. The minimum atomic E-state index is 0.348. The highest BCUT2D eigenvalue weighted by Gasteiger charge is 2.40. The van der Waals surface area contributed by atoms with Crippen LogP contribution < -0.4 is 10.2 Å². The van der Waals surface area contributed by atoms with Gasteiger partial charge in [-0.1, -0.05) is 19.8 Å². The van der Waals surface area contributed by atoms with E-state index in [9.17, 15) is 0 Å².